The zero-order valence-electron chi connectivity index (χ0n) is 10.9. The zero-order chi connectivity index (χ0) is 13.1. The van der Waals surface area contributed by atoms with Crippen molar-refractivity contribution in [2.75, 3.05) is 20.2 Å². The summed E-state index contributed by atoms with van der Waals surface area (Å²) in [5.74, 6) is 1.23. The second kappa shape index (κ2) is 6.02. The molecule has 2 rings (SSSR count). The van der Waals surface area contributed by atoms with Gasteiger partial charge in [-0.3, -0.25) is 0 Å². The lowest BCUT2D eigenvalue weighted by molar-refractivity contribution is 0.358. The molecule has 1 aliphatic rings. The van der Waals surface area contributed by atoms with Crippen molar-refractivity contribution in [3.8, 4) is 5.75 Å². The minimum atomic E-state index is -0.197. The first-order chi connectivity index (χ1) is 8.63. The smallest absolute Gasteiger partial charge is 0.138 e. The molecule has 1 saturated heterocycles. The number of rotatable bonds is 3. The lowest BCUT2D eigenvalue weighted by atomic mass is 9.90. The first-order valence-corrected chi connectivity index (χ1v) is 7.15. The Balaban J connectivity index is 2.29. The fraction of sp³-hybridized carbons (Fsp3) is 0.571. The van der Waals surface area contributed by atoms with Crippen molar-refractivity contribution in [2.24, 2.45) is 5.92 Å². The number of methoxy groups -OCH3 is 1. The molecule has 0 saturated carbocycles. The molecule has 0 unspecified atom stereocenters. The van der Waals surface area contributed by atoms with E-state index >= 15 is 0 Å². The van der Waals surface area contributed by atoms with Gasteiger partial charge in [-0.2, -0.15) is 0 Å². The van der Waals surface area contributed by atoms with Crippen molar-refractivity contribution in [3.63, 3.8) is 0 Å². The van der Waals surface area contributed by atoms with Gasteiger partial charge < -0.3 is 10.1 Å². The summed E-state index contributed by atoms with van der Waals surface area (Å²) in [6.45, 7) is 4.00. The van der Waals surface area contributed by atoms with Gasteiger partial charge in [0.1, 0.15) is 11.6 Å². The van der Waals surface area contributed by atoms with Crippen LogP contribution in [0.1, 0.15) is 24.0 Å². The quantitative estimate of drug-likeness (QED) is 0.922. The average molecular weight is 316 g/mol. The Morgan fingerprint density at radius 3 is 2.72 bits per heavy atom. The molecule has 1 aliphatic heterocycles. The minimum absolute atomic E-state index is 0.197. The van der Waals surface area contributed by atoms with Crippen molar-refractivity contribution in [2.45, 2.75) is 26.2 Å². The van der Waals surface area contributed by atoms with E-state index < -0.39 is 0 Å². The Morgan fingerprint density at radius 1 is 1.44 bits per heavy atom. The van der Waals surface area contributed by atoms with Crippen LogP contribution in [0.3, 0.4) is 0 Å². The number of hydrogen-bond donors (Lipinski definition) is 1. The summed E-state index contributed by atoms with van der Waals surface area (Å²) in [7, 11) is 1.65. The molecule has 1 heterocycles. The van der Waals surface area contributed by atoms with E-state index in [2.05, 4.69) is 21.2 Å². The van der Waals surface area contributed by atoms with Crippen LogP contribution in [0.15, 0.2) is 10.5 Å². The van der Waals surface area contributed by atoms with Gasteiger partial charge >= 0.3 is 0 Å². The highest BCUT2D eigenvalue weighted by molar-refractivity contribution is 9.10. The highest BCUT2D eigenvalue weighted by Crippen LogP contribution is 2.35. The van der Waals surface area contributed by atoms with E-state index in [9.17, 15) is 4.39 Å². The number of benzene rings is 1. The fourth-order valence-electron chi connectivity index (χ4n) is 2.64. The Bertz CT molecular complexity index is 430. The first kappa shape index (κ1) is 13.8. The molecule has 1 N–H and O–H groups in total. The van der Waals surface area contributed by atoms with Gasteiger partial charge in [-0.1, -0.05) is 0 Å². The lowest BCUT2D eigenvalue weighted by Crippen LogP contribution is -2.28. The SMILES string of the molecule is COc1c(C)cc(F)c(Br)c1CC1CCNCC1. The number of ether oxygens (including phenoxy) is 1. The molecule has 2 nitrogen and oxygen atoms in total. The van der Waals surface area contributed by atoms with E-state index in [1.165, 1.54) is 6.07 Å². The number of nitrogens with one attached hydrogen (secondary N) is 1. The average Bonchev–Trinajstić information content (AvgIpc) is 2.37. The first-order valence-electron chi connectivity index (χ1n) is 6.35. The normalized spacial score (nSPS) is 16.9. The molecule has 1 aromatic rings. The third-order valence-corrected chi connectivity index (χ3v) is 4.46. The molecule has 0 spiro atoms. The predicted octanol–water partition coefficient (Wildman–Crippen LogP) is 3.45. The maximum absolute atomic E-state index is 13.8. The Labute approximate surface area is 116 Å². The summed E-state index contributed by atoms with van der Waals surface area (Å²) < 4.78 is 19.8. The van der Waals surface area contributed by atoms with Crippen LogP contribution in [0.25, 0.3) is 0 Å². The fourth-order valence-corrected chi connectivity index (χ4v) is 3.10. The lowest BCUT2D eigenvalue weighted by Gasteiger charge is -2.24. The summed E-state index contributed by atoms with van der Waals surface area (Å²) in [5.41, 5.74) is 1.84. The molecule has 0 bridgehead atoms. The zero-order valence-corrected chi connectivity index (χ0v) is 12.4. The highest BCUT2D eigenvalue weighted by Gasteiger charge is 2.20. The molecule has 0 atom stereocenters. The summed E-state index contributed by atoms with van der Waals surface area (Å²) in [4.78, 5) is 0. The third-order valence-electron chi connectivity index (χ3n) is 3.61. The Kier molecular flexibility index (Phi) is 4.62. The van der Waals surface area contributed by atoms with Gasteiger partial charge in [0.25, 0.3) is 0 Å². The molecule has 1 fully saturated rings. The van der Waals surface area contributed by atoms with E-state index in [0.717, 1.165) is 49.2 Å². The predicted molar refractivity (Wildman–Crippen MR) is 74.7 cm³/mol. The number of piperidine rings is 1. The van der Waals surface area contributed by atoms with E-state index in [-0.39, 0.29) is 5.82 Å². The van der Waals surface area contributed by atoms with Crippen molar-refractivity contribution in [1.82, 2.24) is 5.32 Å². The molecular weight excluding hydrogens is 297 g/mol. The van der Waals surface area contributed by atoms with E-state index in [0.29, 0.717) is 10.4 Å². The molecule has 100 valence electrons. The van der Waals surface area contributed by atoms with Crippen LogP contribution in [-0.4, -0.2) is 20.2 Å². The number of halogens is 2. The van der Waals surface area contributed by atoms with Gasteiger partial charge in [0.05, 0.1) is 11.6 Å². The van der Waals surface area contributed by atoms with Crippen molar-refractivity contribution < 1.29 is 9.13 Å². The number of hydrogen-bond acceptors (Lipinski definition) is 2. The van der Waals surface area contributed by atoms with Crippen LogP contribution in [0.2, 0.25) is 0 Å². The second-order valence-corrected chi connectivity index (χ2v) is 5.69. The van der Waals surface area contributed by atoms with Crippen molar-refractivity contribution in [1.29, 1.82) is 0 Å². The Morgan fingerprint density at radius 2 is 2.11 bits per heavy atom. The molecule has 1 aromatic carbocycles. The maximum atomic E-state index is 13.8. The van der Waals surface area contributed by atoms with E-state index in [4.69, 9.17) is 4.74 Å². The molecule has 18 heavy (non-hydrogen) atoms. The van der Waals surface area contributed by atoms with Gasteiger partial charge in [-0.15, -0.1) is 0 Å². The number of aryl methyl sites for hydroxylation is 1. The van der Waals surface area contributed by atoms with Crippen LogP contribution in [0.5, 0.6) is 5.75 Å². The second-order valence-electron chi connectivity index (χ2n) is 4.90. The van der Waals surface area contributed by atoms with Gasteiger partial charge in [-0.25, -0.2) is 4.39 Å². The molecular formula is C14H19BrFNO. The van der Waals surface area contributed by atoms with E-state index in [1.54, 1.807) is 7.11 Å². The summed E-state index contributed by atoms with van der Waals surface area (Å²) >= 11 is 3.36. The molecule has 0 aromatic heterocycles. The van der Waals surface area contributed by atoms with Crippen molar-refractivity contribution in [3.05, 3.63) is 27.5 Å². The van der Waals surface area contributed by atoms with Crippen LogP contribution in [0, 0.1) is 18.7 Å². The van der Waals surface area contributed by atoms with Crippen molar-refractivity contribution >= 4 is 15.9 Å². The summed E-state index contributed by atoms with van der Waals surface area (Å²) in [6.07, 6.45) is 3.17. The van der Waals surface area contributed by atoms with Gasteiger partial charge in [0, 0.05) is 5.56 Å². The van der Waals surface area contributed by atoms with Gasteiger partial charge in [0.15, 0.2) is 0 Å². The highest BCUT2D eigenvalue weighted by atomic mass is 79.9. The maximum Gasteiger partial charge on any atom is 0.138 e. The van der Waals surface area contributed by atoms with Crippen LogP contribution >= 0.6 is 15.9 Å². The van der Waals surface area contributed by atoms with Crippen LogP contribution < -0.4 is 10.1 Å². The van der Waals surface area contributed by atoms with Gasteiger partial charge in [0.2, 0.25) is 0 Å². The molecule has 0 amide bonds. The monoisotopic (exact) mass is 315 g/mol. The largest absolute Gasteiger partial charge is 0.496 e. The summed E-state index contributed by atoms with van der Waals surface area (Å²) in [6, 6.07) is 1.52. The third kappa shape index (κ3) is 2.86. The Hall–Kier alpha value is -0.610. The molecule has 4 heteroatoms. The van der Waals surface area contributed by atoms with Gasteiger partial charge in [-0.05, 0) is 72.8 Å². The van der Waals surface area contributed by atoms with Crippen LogP contribution in [-0.2, 0) is 6.42 Å². The standard InChI is InChI=1S/C14H19BrFNO/c1-9-7-12(16)13(15)11(14(9)18-2)8-10-3-5-17-6-4-10/h7,10,17H,3-6,8H2,1-2H3. The molecule has 0 aliphatic carbocycles. The minimum Gasteiger partial charge on any atom is -0.496 e. The van der Waals surface area contributed by atoms with E-state index in [1.807, 2.05) is 6.92 Å². The topological polar surface area (TPSA) is 21.3 Å². The summed E-state index contributed by atoms with van der Waals surface area (Å²) in [5, 5.41) is 3.35. The molecule has 0 radical (unpaired) electrons. The van der Waals surface area contributed by atoms with Crippen LogP contribution in [0.4, 0.5) is 4.39 Å².